The van der Waals surface area contributed by atoms with E-state index in [-0.39, 0.29) is 12.3 Å². The van der Waals surface area contributed by atoms with Gasteiger partial charge in [-0.25, -0.2) is 9.78 Å². The van der Waals surface area contributed by atoms with Gasteiger partial charge in [0, 0.05) is 0 Å². The van der Waals surface area contributed by atoms with Crippen LogP contribution in [0.25, 0.3) is 11.0 Å². The smallest absolute Gasteiger partial charge is 0.312 e. The Morgan fingerprint density at radius 3 is 2.48 bits per heavy atom. The monoisotopic (exact) mass is 415 g/mol. The Morgan fingerprint density at radius 1 is 0.968 bits per heavy atom. The minimum atomic E-state index is -0.726. The Morgan fingerprint density at radius 2 is 1.71 bits per heavy atom. The molecular formula is C23H21N5O3. The molecule has 0 saturated carbocycles. The van der Waals surface area contributed by atoms with Crippen molar-refractivity contribution in [2.45, 2.75) is 12.5 Å². The van der Waals surface area contributed by atoms with Crippen LogP contribution in [0, 0.1) is 0 Å². The summed E-state index contributed by atoms with van der Waals surface area (Å²) in [6, 6.07) is 22.6. The Balaban J connectivity index is 1.49. The number of anilines is 1. The van der Waals surface area contributed by atoms with Gasteiger partial charge < -0.3 is 20.8 Å². The average Bonchev–Trinajstić information content (AvgIpc) is 3.16. The zero-order valence-electron chi connectivity index (χ0n) is 16.5. The number of primary amides is 1. The maximum absolute atomic E-state index is 12.6. The van der Waals surface area contributed by atoms with Crippen molar-refractivity contribution in [3.8, 4) is 11.5 Å². The van der Waals surface area contributed by atoms with Crippen molar-refractivity contribution in [1.29, 1.82) is 0 Å². The number of H-pyrrole nitrogens is 1. The molecule has 3 amide bonds. The van der Waals surface area contributed by atoms with Crippen LogP contribution in [-0.4, -0.2) is 21.9 Å². The molecule has 0 unspecified atom stereocenters. The number of imidazole rings is 1. The quantitative estimate of drug-likeness (QED) is 0.363. The van der Waals surface area contributed by atoms with E-state index >= 15 is 0 Å². The van der Waals surface area contributed by atoms with Gasteiger partial charge in [0.25, 0.3) is 0 Å². The number of para-hydroxylation sites is 3. The molecule has 31 heavy (non-hydrogen) atoms. The van der Waals surface area contributed by atoms with Gasteiger partial charge in [-0.3, -0.25) is 10.1 Å². The number of urea groups is 1. The number of nitrogens with one attached hydrogen (secondary N) is 3. The van der Waals surface area contributed by atoms with Gasteiger partial charge >= 0.3 is 6.03 Å². The Bertz CT molecular complexity index is 1170. The molecule has 3 aromatic carbocycles. The van der Waals surface area contributed by atoms with Gasteiger partial charge in [0.2, 0.25) is 11.9 Å². The second-order valence-electron chi connectivity index (χ2n) is 6.90. The lowest BCUT2D eigenvalue weighted by molar-refractivity contribution is -0.116. The van der Waals surface area contributed by atoms with E-state index in [4.69, 9.17) is 10.5 Å². The number of benzene rings is 3. The molecule has 0 radical (unpaired) electrons. The number of rotatable bonds is 7. The molecule has 8 nitrogen and oxygen atoms in total. The van der Waals surface area contributed by atoms with Crippen LogP contribution >= 0.6 is 0 Å². The number of carbonyl (C=O) groups excluding carboxylic acids is 2. The lowest BCUT2D eigenvalue weighted by Crippen LogP contribution is -2.35. The first-order valence-electron chi connectivity index (χ1n) is 9.70. The zero-order valence-corrected chi connectivity index (χ0v) is 16.5. The van der Waals surface area contributed by atoms with Gasteiger partial charge in [-0.05, 0) is 42.0 Å². The van der Waals surface area contributed by atoms with Gasteiger partial charge in [-0.1, -0.05) is 42.5 Å². The number of aromatic nitrogens is 2. The van der Waals surface area contributed by atoms with Crippen molar-refractivity contribution in [2.75, 3.05) is 5.32 Å². The average molecular weight is 415 g/mol. The molecule has 5 N–H and O–H groups in total. The molecule has 4 aromatic rings. The van der Waals surface area contributed by atoms with Crippen molar-refractivity contribution in [2.24, 2.45) is 5.73 Å². The van der Waals surface area contributed by atoms with Crippen LogP contribution in [0.15, 0.2) is 78.9 Å². The maximum atomic E-state index is 12.6. The predicted molar refractivity (Wildman–Crippen MR) is 118 cm³/mol. The molecule has 8 heteroatoms. The van der Waals surface area contributed by atoms with E-state index in [9.17, 15) is 9.59 Å². The summed E-state index contributed by atoms with van der Waals surface area (Å²) in [4.78, 5) is 31.6. The Hall–Kier alpha value is -4.33. The predicted octanol–water partition coefficient (Wildman–Crippen LogP) is 4.09. The second-order valence-corrected chi connectivity index (χ2v) is 6.90. The van der Waals surface area contributed by atoms with Crippen LogP contribution < -0.4 is 21.1 Å². The molecule has 0 aliphatic rings. The van der Waals surface area contributed by atoms with Crippen molar-refractivity contribution in [3.63, 3.8) is 0 Å². The highest BCUT2D eigenvalue weighted by Gasteiger charge is 2.19. The molecular weight excluding hydrogens is 394 g/mol. The summed E-state index contributed by atoms with van der Waals surface area (Å²) >= 11 is 0. The van der Waals surface area contributed by atoms with Crippen molar-refractivity contribution in [1.82, 2.24) is 15.3 Å². The number of nitrogens with zero attached hydrogens (tertiary/aromatic N) is 1. The first-order valence-corrected chi connectivity index (χ1v) is 9.70. The first kappa shape index (κ1) is 20.0. The lowest BCUT2D eigenvalue weighted by atomic mass is 10.0. The number of nitrogens with two attached hydrogens (primary N) is 1. The molecule has 156 valence electrons. The first-order chi connectivity index (χ1) is 15.1. The highest BCUT2D eigenvalue weighted by molar-refractivity contribution is 5.91. The van der Waals surface area contributed by atoms with Crippen LogP contribution in [0.4, 0.5) is 10.7 Å². The van der Waals surface area contributed by atoms with E-state index in [2.05, 4.69) is 20.6 Å². The van der Waals surface area contributed by atoms with E-state index in [1.165, 1.54) is 0 Å². The summed E-state index contributed by atoms with van der Waals surface area (Å²) in [5.41, 5.74) is 7.59. The van der Waals surface area contributed by atoms with E-state index in [0.717, 1.165) is 11.0 Å². The van der Waals surface area contributed by atoms with Crippen LogP contribution in [0.2, 0.25) is 0 Å². The number of hydrogen-bond acceptors (Lipinski definition) is 4. The van der Waals surface area contributed by atoms with Crippen LogP contribution in [0.5, 0.6) is 11.5 Å². The highest BCUT2D eigenvalue weighted by atomic mass is 16.5. The summed E-state index contributed by atoms with van der Waals surface area (Å²) in [6.45, 7) is 0. The molecule has 0 fully saturated rings. The molecule has 0 aliphatic carbocycles. The van der Waals surface area contributed by atoms with Crippen LogP contribution in [-0.2, 0) is 4.79 Å². The Labute approximate surface area is 178 Å². The summed E-state index contributed by atoms with van der Waals surface area (Å²) in [5.74, 6) is 1.27. The third-order valence-electron chi connectivity index (χ3n) is 4.59. The number of carbonyl (C=O) groups is 2. The Kier molecular flexibility index (Phi) is 5.79. The highest BCUT2D eigenvalue weighted by Crippen LogP contribution is 2.26. The molecule has 1 heterocycles. The number of aromatic amines is 1. The fourth-order valence-corrected chi connectivity index (χ4v) is 3.22. The molecule has 1 atom stereocenters. The lowest BCUT2D eigenvalue weighted by Gasteiger charge is -2.18. The molecule has 1 aromatic heterocycles. The van der Waals surface area contributed by atoms with Gasteiger partial charge in [-0.2, -0.15) is 0 Å². The zero-order chi connectivity index (χ0) is 21.6. The summed E-state index contributed by atoms with van der Waals surface area (Å²) in [6.07, 6.45) is -0.0330. The van der Waals surface area contributed by atoms with Crippen molar-refractivity contribution < 1.29 is 14.3 Å². The SMILES string of the molecule is NC(=O)N[C@H](CC(=O)Nc1nc2ccccc2[nH]1)c1cccc(Oc2ccccc2)c1. The largest absolute Gasteiger partial charge is 0.457 e. The van der Waals surface area contributed by atoms with Crippen molar-refractivity contribution in [3.05, 3.63) is 84.4 Å². The van der Waals surface area contributed by atoms with E-state index in [1.807, 2.05) is 54.6 Å². The minimum absolute atomic E-state index is 0.0330. The number of fused-ring (bicyclic) bond motifs is 1. The molecule has 0 aliphatic heterocycles. The van der Waals surface area contributed by atoms with Gasteiger partial charge in [-0.15, -0.1) is 0 Å². The summed E-state index contributed by atoms with van der Waals surface area (Å²) in [5, 5.41) is 5.35. The third kappa shape index (κ3) is 5.18. The number of amides is 3. The molecule has 4 rings (SSSR count). The van der Waals surface area contributed by atoms with Gasteiger partial charge in [0.05, 0.1) is 23.5 Å². The van der Waals surface area contributed by atoms with E-state index in [1.54, 1.807) is 24.3 Å². The third-order valence-corrected chi connectivity index (χ3v) is 4.59. The summed E-state index contributed by atoms with van der Waals surface area (Å²) in [7, 11) is 0. The number of ether oxygens (including phenoxy) is 1. The second kappa shape index (κ2) is 9.00. The minimum Gasteiger partial charge on any atom is -0.457 e. The standard InChI is InChI=1S/C23H21N5O3/c24-22(30)25-20(14-21(29)28-23-26-18-11-4-5-12-19(18)27-23)15-7-6-10-17(13-15)31-16-8-2-1-3-9-16/h1-13,20H,14H2,(H3,24,25,30)(H2,26,27,28,29)/t20-/m1/s1. The fraction of sp³-hybridized carbons (Fsp3) is 0.0870. The van der Waals surface area contributed by atoms with Crippen LogP contribution in [0.3, 0.4) is 0 Å². The normalized spacial score (nSPS) is 11.6. The van der Waals surface area contributed by atoms with E-state index in [0.29, 0.717) is 23.0 Å². The van der Waals surface area contributed by atoms with Crippen molar-refractivity contribution >= 4 is 28.9 Å². The molecule has 0 saturated heterocycles. The number of hydrogen-bond donors (Lipinski definition) is 4. The topological polar surface area (TPSA) is 122 Å². The summed E-state index contributed by atoms with van der Waals surface area (Å²) < 4.78 is 5.85. The fourth-order valence-electron chi connectivity index (χ4n) is 3.22. The van der Waals surface area contributed by atoms with Gasteiger partial charge in [0.15, 0.2) is 0 Å². The van der Waals surface area contributed by atoms with E-state index < -0.39 is 12.1 Å². The molecule has 0 spiro atoms. The van der Waals surface area contributed by atoms with Gasteiger partial charge in [0.1, 0.15) is 11.5 Å². The maximum Gasteiger partial charge on any atom is 0.312 e. The molecule has 0 bridgehead atoms. The van der Waals surface area contributed by atoms with Crippen LogP contribution in [0.1, 0.15) is 18.0 Å².